The highest BCUT2D eigenvalue weighted by atomic mass is 16.5. The molecule has 0 aliphatic rings. The van der Waals surface area contributed by atoms with Gasteiger partial charge in [-0.25, -0.2) is 0 Å². The quantitative estimate of drug-likeness (QED) is 0.847. The fourth-order valence-corrected chi connectivity index (χ4v) is 2.32. The Bertz CT molecular complexity index is 700. The van der Waals surface area contributed by atoms with E-state index in [1.807, 2.05) is 44.2 Å². The van der Waals surface area contributed by atoms with E-state index in [0.717, 1.165) is 11.3 Å². The molecule has 1 amide bonds. The third-order valence-electron chi connectivity index (χ3n) is 3.59. The summed E-state index contributed by atoms with van der Waals surface area (Å²) in [5, 5.41) is 2.92. The first-order valence-corrected chi connectivity index (χ1v) is 7.76. The van der Waals surface area contributed by atoms with Gasteiger partial charge in [0.1, 0.15) is 12.4 Å². The lowest BCUT2D eigenvalue weighted by atomic mass is 10.1. The van der Waals surface area contributed by atoms with Gasteiger partial charge in [0.05, 0.1) is 20.3 Å². The molecule has 5 heteroatoms. The van der Waals surface area contributed by atoms with E-state index in [-0.39, 0.29) is 11.9 Å². The molecule has 128 valence electrons. The number of rotatable bonds is 7. The van der Waals surface area contributed by atoms with Crippen molar-refractivity contribution in [3.05, 3.63) is 53.6 Å². The molecule has 2 aromatic carbocycles. The van der Waals surface area contributed by atoms with Gasteiger partial charge in [-0.3, -0.25) is 4.79 Å². The van der Waals surface area contributed by atoms with E-state index >= 15 is 0 Å². The monoisotopic (exact) mass is 329 g/mol. The predicted octanol–water partition coefficient (Wildman–Crippen LogP) is 3.21. The second-order valence-electron chi connectivity index (χ2n) is 5.52. The maximum atomic E-state index is 12.3. The molecule has 0 fully saturated rings. The van der Waals surface area contributed by atoms with Crippen LogP contribution in [0.4, 0.5) is 0 Å². The molecule has 1 atom stereocenters. The summed E-state index contributed by atoms with van der Waals surface area (Å²) in [6.45, 7) is 4.15. The molecule has 0 bridgehead atoms. The van der Waals surface area contributed by atoms with Crippen LogP contribution in [-0.4, -0.2) is 32.8 Å². The van der Waals surface area contributed by atoms with Crippen molar-refractivity contribution in [2.24, 2.45) is 0 Å². The van der Waals surface area contributed by atoms with Gasteiger partial charge in [-0.05, 0) is 49.7 Å². The Kier molecular flexibility index (Phi) is 6.07. The van der Waals surface area contributed by atoms with Gasteiger partial charge in [0.25, 0.3) is 5.91 Å². The molecule has 0 saturated carbocycles. The lowest BCUT2D eigenvalue weighted by Crippen LogP contribution is -2.36. The smallest absolute Gasteiger partial charge is 0.251 e. The Morgan fingerprint density at radius 3 is 2.33 bits per heavy atom. The molecule has 0 saturated heterocycles. The fourth-order valence-electron chi connectivity index (χ4n) is 2.32. The molecule has 5 nitrogen and oxygen atoms in total. The van der Waals surface area contributed by atoms with Crippen LogP contribution >= 0.6 is 0 Å². The molecular formula is C19H23NO4. The zero-order chi connectivity index (χ0) is 17.5. The molecule has 0 aliphatic carbocycles. The summed E-state index contributed by atoms with van der Waals surface area (Å²) in [6.07, 6.45) is 0. The maximum absolute atomic E-state index is 12.3. The highest BCUT2D eigenvalue weighted by Gasteiger charge is 2.12. The van der Waals surface area contributed by atoms with Gasteiger partial charge in [0, 0.05) is 5.56 Å². The van der Waals surface area contributed by atoms with E-state index in [0.29, 0.717) is 23.7 Å². The summed E-state index contributed by atoms with van der Waals surface area (Å²) >= 11 is 0. The van der Waals surface area contributed by atoms with Gasteiger partial charge >= 0.3 is 0 Å². The van der Waals surface area contributed by atoms with Crippen molar-refractivity contribution in [1.82, 2.24) is 5.32 Å². The Hall–Kier alpha value is -2.69. The van der Waals surface area contributed by atoms with Crippen molar-refractivity contribution >= 4 is 5.91 Å². The van der Waals surface area contributed by atoms with Gasteiger partial charge in [-0.1, -0.05) is 12.1 Å². The van der Waals surface area contributed by atoms with Crippen LogP contribution in [0.15, 0.2) is 42.5 Å². The number of methoxy groups -OCH3 is 2. The summed E-state index contributed by atoms with van der Waals surface area (Å²) in [6, 6.07) is 12.6. The van der Waals surface area contributed by atoms with Crippen LogP contribution in [-0.2, 0) is 0 Å². The number of nitrogens with one attached hydrogen (secondary N) is 1. The highest BCUT2D eigenvalue weighted by molar-refractivity contribution is 5.94. The molecule has 2 aromatic rings. The summed E-state index contributed by atoms with van der Waals surface area (Å²) < 4.78 is 16.2. The van der Waals surface area contributed by atoms with Crippen molar-refractivity contribution in [2.45, 2.75) is 19.9 Å². The molecule has 0 heterocycles. The minimum absolute atomic E-state index is 0.142. The SMILES string of the molecule is COc1ccc(C(=O)N[C@H](C)COc2ccccc2OC)cc1C. The normalized spacial score (nSPS) is 11.5. The first-order chi connectivity index (χ1) is 11.5. The van der Waals surface area contributed by atoms with E-state index in [1.165, 1.54) is 0 Å². The summed E-state index contributed by atoms with van der Waals surface area (Å²) in [5.41, 5.74) is 1.51. The first kappa shape index (κ1) is 17.7. The van der Waals surface area contributed by atoms with Crippen LogP contribution in [0.2, 0.25) is 0 Å². The van der Waals surface area contributed by atoms with Crippen LogP contribution in [0.5, 0.6) is 17.2 Å². The van der Waals surface area contributed by atoms with Crippen LogP contribution < -0.4 is 19.5 Å². The number of amides is 1. The molecule has 1 N–H and O–H groups in total. The molecule has 24 heavy (non-hydrogen) atoms. The summed E-state index contributed by atoms with van der Waals surface area (Å²) in [7, 11) is 3.21. The largest absolute Gasteiger partial charge is 0.496 e. The van der Waals surface area contributed by atoms with E-state index in [9.17, 15) is 4.79 Å². The molecular weight excluding hydrogens is 306 g/mol. The van der Waals surface area contributed by atoms with Gasteiger partial charge in [0.15, 0.2) is 11.5 Å². The first-order valence-electron chi connectivity index (χ1n) is 7.76. The molecule has 0 aliphatic heterocycles. The van der Waals surface area contributed by atoms with Gasteiger partial charge in [0.2, 0.25) is 0 Å². The minimum atomic E-state index is -0.148. The molecule has 0 radical (unpaired) electrons. The van der Waals surface area contributed by atoms with Gasteiger partial charge in [-0.15, -0.1) is 0 Å². The summed E-state index contributed by atoms with van der Waals surface area (Å²) in [5.74, 6) is 1.94. The maximum Gasteiger partial charge on any atom is 0.251 e. The predicted molar refractivity (Wildman–Crippen MR) is 93.1 cm³/mol. The van der Waals surface area contributed by atoms with Crippen LogP contribution in [0.25, 0.3) is 0 Å². The second kappa shape index (κ2) is 8.24. The van der Waals surface area contributed by atoms with Crippen LogP contribution in [0, 0.1) is 6.92 Å². The minimum Gasteiger partial charge on any atom is -0.496 e. The highest BCUT2D eigenvalue weighted by Crippen LogP contribution is 2.25. The number of benzene rings is 2. The third-order valence-corrected chi connectivity index (χ3v) is 3.59. The average molecular weight is 329 g/mol. The summed E-state index contributed by atoms with van der Waals surface area (Å²) in [4.78, 5) is 12.3. The molecule has 2 rings (SSSR count). The second-order valence-corrected chi connectivity index (χ2v) is 5.52. The van der Waals surface area contributed by atoms with Crippen molar-refractivity contribution in [3.63, 3.8) is 0 Å². The van der Waals surface area contributed by atoms with Gasteiger partial charge < -0.3 is 19.5 Å². The number of hydrogen-bond acceptors (Lipinski definition) is 4. The standard InChI is InChI=1S/C19H23NO4/c1-13-11-15(9-10-16(13)22-3)19(21)20-14(2)12-24-18-8-6-5-7-17(18)23-4/h5-11,14H,12H2,1-4H3,(H,20,21)/t14-/m1/s1. The fraction of sp³-hybridized carbons (Fsp3) is 0.316. The Morgan fingerprint density at radius 2 is 1.71 bits per heavy atom. The molecule has 0 unspecified atom stereocenters. The van der Waals surface area contributed by atoms with Crippen molar-refractivity contribution in [3.8, 4) is 17.2 Å². The Balaban J connectivity index is 1.93. The van der Waals surface area contributed by atoms with E-state index in [1.54, 1.807) is 26.4 Å². The topological polar surface area (TPSA) is 56.8 Å². The lowest BCUT2D eigenvalue weighted by molar-refractivity contribution is 0.0926. The van der Waals surface area contributed by atoms with Gasteiger partial charge in [-0.2, -0.15) is 0 Å². The van der Waals surface area contributed by atoms with Crippen molar-refractivity contribution < 1.29 is 19.0 Å². The number of ether oxygens (including phenoxy) is 3. The number of hydrogen-bond donors (Lipinski definition) is 1. The number of aryl methyl sites for hydroxylation is 1. The van der Waals surface area contributed by atoms with E-state index in [4.69, 9.17) is 14.2 Å². The molecule has 0 spiro atoms. The van der Waals surface area contributed by atoms with Crippen molar-refractivity contribution in [1.29, 1.82) is 0 Å². The average Bonchev–Trinajstić information content (AvgIpc) is 2.60. The number of carbonyl (C=O) groups is 1. The number of para-hydroxylation sites is 2. The number of carbonyl (C=O) groups excluding carboxylic acids is 1. The van der Waals surface area contributed by atoms with Crippen LogP contribution in [0.1, 0.15) is 22.8 Å². The Labute approximate surface area is 142 Å². The van der Waals surface area contributed by atoms with Crippen molar-refractivity contribution in [2.75, 3.05) is 20.8 Å². The third kappa shape index (κ3) is 4.41. The van der Waals surface area contributed by atoms with Crippen LogP contribution in [0.3, 0.4) is 0 Å². The zero-order valence-electron chi connectivity index (χ0n) is 14.5. The van der Waals surface area contributed by atoms with E-state index < -0.39 is 0 Å². The Morgan fingerprint density at radius 1 is 1.04 bits per heavy atom. The zero-order valence-corrected chi connectivity index (χ0v) is 14.5. The van der Waals surface area contributed by atoms with E-state index in [2.05, 4.69) is 5.32 Å². The molecule has 0 aromatic heterocycles. The lowest BCUT2D eigenvalue weighted by Gasteiger charge is -2.17.